The number of benzene rings is 2. The number of rotatable bonds is 6. The standard InChI is InChI=1S/C23H20ClN3O2S/c1-3-29-23(28)15(2)30-22-20-19(16-8-5-4-6-9-16)13-27(21(20)25-14-26-22)18-11-7-10-17(24)12-18/h4-15H,3H2,1-2H3/t15-/m0/s1. The van der Waals surface area contributed by atoms with Gasteiger partial charge in [-0.05, 0) is 37.6 Å². The first-order valence-electron chi connectivity index (χ1n) is 9.59. The summed E-state index contributed by atoms with van der Waals surface area (Å²) in [6.07, 6.45) is 3.57. The zero-order chi connectivity index (χ0) is 21.1. The van der Waals surface area contributed by atoms with Gasteiger partial charge in [0.1, 0.15) is 22.3 Å². The highest BCUT2D eigenvalue weighted by Gasteiger charge is 2.22. The highest BCUT2D eigenvalue weighted by Crippen LogP contribution is 2.38. The number of aromatic nitrogens is 3. The predicted molar refractivity (Wildman–Crippen MR) is 121 cm³/mol. The first-order valence-corrected chi connectivity index (χ1v) is 10.8. The molecule has 30 heavy (non-hydrogen) atoms. The highest BCUT2D eigenvalue weighted by molar-refractivity contribution is 8.00. The van der Waals surface area contributed by atoms with E-state index in [0.29, 0.717) is 11.6 Å². The Bertz CT molecular complexity index is 1190. The molecule has 5 nitrogen and oxygen atoms in total. The summed E-state index contributed by atoms with van der Waals surface area (Å²) in [4.78, 5) is 21.3. The summed E-state index contributed by atoms with van der Waals surface area (Å²) >= 11 is 7.61. The fraction of sp³-hybridized carbons (Fsp3) is 0.174. The summed E-state index contributed by atoms with van der Waals surface area (Å²) in [6, 6.07) is 17.7. The molecule has 0 amide bonds. The molecule has 152 valence electrons. The van der Waals surface area contributed by atoms with E-state index in [-0.39, 0.29) is 11.2 Å². The van der Waals surface area contributed by atoms with E-state index in [0.717, 1.165) is 32.9 Å². The molecular formula is C23H20ClN3O2S. The van der Waals surface area contributed by atoms with Gasteiger partial charge < -0.3 is 9.30 Å². The maximum atomic E-state index is 12.2. The summed E-state index contributed by atoms with van der Waals surface area (Å²) in [6.45, 7) is 3.98. The Morgan fingerprint density at radius 2 is 1.97 bits per heavy atom. The van der Waals surface area contributed by atoms with E-state index in [1.807, 2.05) is 72.3 Å². The summed E-state index contributed by atoms with van der Waals surface area (Å²) < 4.78 is 7.17. The quantitative estimate of drug-likeness (QED) is 0.217. The van der Waals surface area contributed by atoms with Crippen molar-refractivity contribution < 1.29 is 9.53 Å². The number of halogens is 1. The number of thioether (sulfide) groups is 1. The molecule has 0 fully saturated rings. The van der Waals surface area contributed by atoms with Crippen molar-refractivity contribution in [2.45, 2.75) is 24.1 Å². The number of esters is 1. The number of nitrogens with zero attached hydrogens (tertiary/aromatic N) is 3. The minimum atomic E-state index is -0.388. The molecule has 7 heteroatoms. The van der Waals surface area contributed by atoms with E-state index < -0.39 is 0 Å². The molecule has 4 aromatic rings. The second-order valence-corrected chi connectivity index (χ2v) is 8.41. The van der Waals surface area contributed by atoms with Crippen molar-refractivity contribution in [3.8, 4) is 16.8 Å². The molecule has 2 aromatic heterocycles. The van der Waals surface area contributed by atoms with E-state index >= 15 is 0 Å². The Balaban J connectivity index is 1.91. The van der Waals surface area contributed by atoms with Crippen LogP contribution in [-0.4, -0.2) is 32.4 Å². The molecule has 0 aliphatic rings. The van der Waals surface area contributed by atoms with E-state index in [4.69, 9.17) is 16.3 Å². The van der Waals surface area contributed by atoms with E-state index in [1.165, 1.54) is 18.1 Å². The second kappa shape index (κ2) is 8.90. The van der Waals surface area contributed by atoms with Crippen molar-refractivity contribution >= 4 is 40.4 Å². The monoisotopic (exact) mass is 437 g/mol. The lowest BCUT2D eigenvalue weighted by Gasteiger charge is -2.11. The van der Waals surface area contributed by atoms with Crippen LogP contribution in [0.4, 0.5) is 0 Å². The third kappa shape index (κ3) is 4.06. The van der Waals surface area contributed by atoms with Crippen molar-refractivity contribution in [1.82, 2.24) is 14.5 Å². The Kier molecular flexibility index (Phi) is 6.06. The molecule has 4 rings (SSSR count). The average Bonchev–Trinajstić information content (AvgIpc) is 3.15. The Morgan fingerprint density at radius 1 is 1.17 bits per heavy atom. The van der Waals surface area contributed by atoms with Gasteiger partial charge in [-0.1, -0.05) is 59.8 Å². The third-order valence-electron chi connectivity index (χ3n) is 4.63. The van der Waals surface area contributed by atoms with Crippen molar-refractivity contribution in [2.75, 3.05) is 6.61 Å². The molecule has 0 saturated carbocycles. The highest BCUT2D eigenvalue weighted by atomic mass is 35.5. The van der Waals surface area contributed by atoms with Crippen LogP contribution in [0.1, 0.15) is 13.8 Å². The third-order valence-corrected chi connectivity index (χ3v) is 5.94. The van der Waals surface area contributed by atoms with Gasteiger partial charge >= 0.3 is 5.97 Å². The summed E-state index contributed by atoms with van der Waals surface area (Å²) in [7, 11) is 0. The number of carbonyl (C=O) groups excluding carboxylic acids is 1. The lowest BCUT2D eigenvalue weighted by Crippen LogP contribution is -2.16. The average molecular weight is 438 g/mol. The van der Waals surface area contributed by atoms with Gasteiger partial charge in [0.15, 0.2) is 0 Å². The minimum Gasteiger partial charge on any atom is -0.465 e. The number of carbonyl (C=O) groups is 1. The molecular weight excluding hydrogens is 418 g/mol. The van der Waals surface area contributed by atoms with Crippen molar-refractivity contribution in [1.29, 1.82) is 0 Å². The lowest BCUT2D eigenvalue weighted by molar-refractivity contribution is -0.142. The van der Waals surface area contributed by atoms with Crippen molar-refractivity contribution in [3.63, 3.8) is 0 Å². The number of hydrogen-bond acceptors (Lipinski definition) is 5. The molecule has 2 heterocycles. The van der Waals surface area contributed by atoms with Gasteiger partial charge in [-0.3, -0.25) is 4.79 Å². The normalized spacial score (nSPS) is 12.1. The number of ether oxygens (including phenoxy) is 1. The zero-order valence-corrected chi connectivity index (χ0v) is 18.2. The van der Waals surface area contributed by atoms with Gasteiger partial charge in [0.25, 0.3) is 0 Å². The van der Waals surface area contributed by atoms with E-state index in [9.17, 15) is 4.79 Å². The number of fused-ring (bicyclic) bond motifs is 1. The SMILES string of the molecule is CCOC(=O)[C@H](C)Sc1ncnc2c1c(-c1ccccc1)cn2-c1cccc(Cl)c1. The van der Waals surface area contributed by atoms with Gasteiger partial charge in [0, 0.05) is 22.5 Å². The van der Waals surface area contributed by atoms with Crippen LogP contribution in [-0.2, 0) is 9.53 Å². The topological polar surface area (TPSA) is 57.0 Å². The molecule has 0 aliphatic carbocycles. The van der Waals surface area contributed by atoms with E-state index in [1.54, 1.807) is 6.92 Å². The van der Waals surface area contributed by atoms with Crippen molar-refractivity contribution in [2.24, 2.45) is 0 Å². The molecule has 0 spiro atoms. The lowest BCUT2D eigenvalue weighted by atomic mass is 10.1. The first kappa shape index (κ1) is 20.4. The Labute approximate surface area is 184 Å². The van der Waals surface area contributed by atoms with Crippen LogP contribution in [0.15, 0.2) is 72.1 Å². The van der Waals surface area contributed by atoms with Crippen molar-refractivity contribution in [3.05, 3.63) is 72.1 Å². The van der Waals surface area contributed by atoms with Gasteiger partial charge in [-0.2, -0.15) is 0 Å². The fourth-order valence-corrected chi connectivity index (χ4v) is 4.37. The minimum absolute atomic E-state index is 0.259. The van der Waals surface area contributed by atoms with Gasteiger partial charge in [0.2, 0.25) is 0 Å². The molecule has 0 unspecified atom stereocenters. The van der Waals surface area contributed by atoms with Gasteiger partial charge in [-0.15, -0.1) is 0 Å². The second-order valence-electron chi connectivity index (χ2n) is 6.65. The van der Waals surface area contributed by atoms with Gasteiger partial charge in [-0.25, -0.2) is 9.97 Å². The Hall–Kier alpha value is -2.83. The fourth-order valence-electron chi connectivity index (χ4n) is 3.26. The van der Waals surface area contributed by atoms with E-state index in [2.05, 4.69) is 9.97 Å². The summed E-state index contributed by atoms with van der Waals surface area (Å²) in [5, 5.41) is 1.89. The molecule has 0 aliphatic heterocycles. The van der Waals surface area contributed by atoms with Crippen LogP contribution in [0.3, 0.4) is 0 Å². The predicted octanol–water partition coefficient (Wildman–Crippen LogP) is 5.78. The Morgan fingerprint density at radius 3 is 2.70 bits per heavy atom. The largest absolute Gasteiger partial charge is 0.465 e. The van der Waals surface area contributed by atoms with Gasteiger partial charge in [0.05, 0.1) is 12.0 Å². The number of hydrogen-bond donors (Lipinski definition) is 0. The van der Waals surface area contributed by atoms with Crippen LogP contribution in [0, 0.1) is 0 Å². The van der Waals surface area contributed by atoms with Crippen LogP contribution in [0.25, 0.3) is 27.8 Å². The molecule has 1 atom stereocenters. The smallest absolute Gasteiger partial charge is 0.319 e. The first-order chi connectivity index (χ1) is 14.6. The van der Waals surface area contributed by atoms with Crippen LogP contribution in [0.2, 0.25) is 5.02 Å². The van der Waals surface area contributed by atoms with Crippen LogP contribution < -0.4 is 0 Å². The molecule has 0 N–H and O–H groups in total. The maximum Gasteiger partial charge on any atom is 0.319 e. The zero-order valence-electron chi connectivity index (χ0n) is 16.6. The summed E-state index contributed by atoms with van der Waals surface area (Å²) in [5.41, 5.74) is 3.70. The molecule has 0 bridgehead atoms. The molecule has 2 aromatic carbocycles. The summed E-state index contributed by atoms with van der Waals surface area (Å²) in [5.74, 6) is -0.259. The molecule has 0 saturated heterocycles. The molecule has 0 radical (unpaired) electrons. The van der Waals surface area contributed by atoms with Crippen LogP contribution >= 0.6 is 23.4 Å². The van der Waals surface area contributed by atoms with Crippen LogP contribution in [0.5, 0.6) is 0 Å². The maximum absolute atomic E-state index is 12.2.